The summed E-state index contributed by atoms with van der Waals surface area (Å²) in [6.45, 7) is 9.52. The van der Waals surface area contributed by atoms with Crippen LogP contribution in [0, 0.1) is 23.6 Å². The van der Waals surface area contributed by atoms with E-state index < -0.39 is 58.8 Å². The minimum absolute atomic E-state index is 0.00602. The zero-order chi connectivity index (χ0) is 39.2. The molecule has 1 saturated heterocycles. The maximum atomic E-state index is 14.7. The fourth-order valence-electron chi connectivity index (χ4n) is 7.54. The number of piperidine rings is 1. The maximum absolute atomic E-state index is 14.7. The van der Waals surface area contributed by atoms with Crippen LogP contribution in [0.5, 0.6) is 0 Å². The van der Waals surface area contributed by atoms with Crippen molar-refractivity contribution < 1.29 is 36.7 Å². The Balaban J connectivity index is 1.47. The number of aromatic nitrogens is 1. The summed E-state index contributed by atoms with van der Waals surface area (Å²) in [6.07, 6.45) is -2.14. The zero-order valence-corrected chi connectivity index (χ0v) is 31.4. The van der Waals surface area contributed by atoms with E-state index in [-0.39, 0.29) is 54.0 Å². The van der Waals surface area contributed by atoms with Crippen LogP contribution in [-0.4, -0.2) is 65.9 Å². The SMILES string of the molecule is CCC(C)[C@H](NC(=O)Cc1ccccc1F)C(=O)N[C@]1(C(=O)N[C@H](C(=O)NCC2CCNCC2)C(C)CC)CCc2[nH]c3c(C(F)(F)F)cccc3c2C1. The number of aromatic amines is 1. The third kappa shape index (κ3) is 9.24. The van der Waals surface area contributed by atoms with E-state index in [1.54, 1.807) is 19.1 Å². The van der Waals surface area contributed by atoms with Gasteiger partial charge in [-0.15, -0.1) is 0 Å². The number of carbonyl (C=O) groups is 4. The second-order valence-electron chi connectivity index (χ2n) is 15.0. The van der Waals surface area contributed by atoms with Crippen LogP contribution >= 0.6 is 0 Å². The molecule has 0 spiro atoms. The number of hydrogen-bond donors (Lipinski definition) is 6. The molecule has 294 valence electrons. The summed E-state index contributed by atoms with van der Waals surface area (Å²) in [5, 5.41) is 15.2. The molecule has 6 N–H and O–H groups in total. The highest BCUT2D eigenvalue weighted by atomic mass is 19.4. The van der Waals surface area contributed by atoms with E-state index in [0.29, 0.717) is 36.6 Å². The summed E-state index contributed by atoms with van der Waals surface area (Å²) < 4.78 is 56.6. The molecule has 4 amide bonds. The van der Waals surface area contributed by atoms with Gasteiger partial charge in [0.2, 0.25) is 23.6 Å². The van der Waals surface area contributed by atoms with E-state index in [1.807, 2.05) is 20.8 Å². The number of para-hydroxylation sites is 1. The number of alkyl halides is 3. The molecule has 0 radical (unpaired) electrons. The number of benzene rings is 2. The molecule has 10 nitrogen and oxygen atoms in total. The molecule has 5 atom stereocenters. The molecule has 0 saturated carbocycles. The second kappa shape index (κ2) is 17.3. The molecule has 2 aliphatic rings. The molecule has 1 fully saturated rings. The quantitative estimate of drug-likeness (QED) is 0.127. The topological polar surface area (TPSA) is 144 Å². The van der Waals surface area contributed by atoms with Crippen LogP contribution in [-0.2, 0) is 44.6 Å². The van der Waals surface area contributed by atoms with Crippen LogP contribution in [0.1, 0.15) is 82.2 Å². The van der Waals surface area contributed by atoms with E-state index >= 15 is 0 Å². The van der Waals surface area contributed by atoms with E-state index in [2.05, 4.69) is 31.6 Å². The molecular weight excluding hydrogens is 704 g/mol. The van der Waals surface area contributed by atoms with Crippen molar-refractivity contribution in [1.29, 1.82) is 0 Å². The lowest BCUT2D eigenvalue weighted by molar-refractivity contribution is -0.139. The number of nitrogens with one attached hydrogen (secondary N) is 6. The maximum Gasteiger partial charge on any atom is 0.418 e. The van der Waals surface area contributed by atoms with E-state index in [1.165, 1.54) is 24.3 Å². The van der Waals surface area contributed by atoms with E-state index in [9.17, 15) is 36.7 Å². The number of hydrogen-bond acceptors (Lipinski definition) is 5. The normalized spacial score (nSPS) is 19.9. The number of fused-ring (bicyclic) bond motifs is 3. The number of aryl methyl sites for hydroxylation is 1. The highest BCUT2D eigenvalue weighted by Gasteiger charge is 2.47. The fraction of sp³-hybridized carbons (Fsp3) is 0.550. The smallest absolute Gasteiger partial charge is 0.358 e. The Kier molecular flexibility index (Phi) is 13.1. The van der Waals surface area contributed by atoms with E-state index in [0.717, 1.165) is 32.0 Å². The molecule has 5 rings (SSSR count). The van der Waals surface area contributed by atoms with Gasteiger partial charge < -0.3 is 31.6 Å². The van der Waals surface area contributed by atoms with Gasteiger partial charge in [0.05, 0.1) is 17.5 Å². The third-order valence-electron chi connectivity index (χ3n) is 11.3. The number of amides is 4. The van der Waals surface area contributed by atoms with Gasteiger partial charge in [-0.25, -0.2) is 4.39 Å². The Hall–Kier alpha value is -4.46. The van der Waals surface area contributed by atoms with E-state index in [4.69, 9.17) is 0 Å². The van der Waals surface area contributed by atoms with Gasteiger partial charge >= 0.3 is 6.18 Å². The van der Waals surface area contributed by atoms with Crippen molar-refractivity contribution >= 4 is 34.5 Å². The first kappa shape index (κ1) is 40.7. The molecule has 2 heterocycles. The van der Waals surface area contributed by atoms with Gasteiger partial charge in [0.1, 0.15) is 23.4 Å². The number of halogens is 4. The summed E-state index contributed by atoms with van der Waals surface area (Å²) in [5.41, 5.74) is -1.52. The summed E-state index contributed by atoms with van der Waals surface area (Å²) in [7, 11) is 0. The monoisotopic (exact) mass is 756 g/mol. The predicted octanol–water partition coefficient (Wildman–Crippen LogP) is 5.09. The molecule has 2 unspecified atom stereocenters. The molecule has 1 aliphatic heterocycles. The van der Waals surface area contributed by atoms with Gasteiger partial charge in [0.25, 0.3) is 0 Å². The Morgan fingerprint density at radius 1 is 0.907 bits per heavy atom. The molecule has 2 aromatic carbocycles. The highest BCUT2D eigenvalue weighted by molar-refractivity contribution is 5.99. The highest BCUT2D eigenvalue weighted by Crippen LogP contribution is 2.40. The number of carbonyl (C=O) groups excluding carboxylic acids is 4. The zero-order valence-electron chi connectivity index (χ0n) is 31.4. The van der Waals surface area contributed by atoms with Gasteiger partial charge in [0.15, 0.2) is 0 Å². The minimum atomic E-state index is -4.63. The molecule has 1 aromatic heterocycles. The standard InChI is InChI=1S/C40H52F4N6O4/c1-5-23(3)33(36(52)46-22-25-15-18-45-19-16-25)49-38(54)39(17-14-31-28(21-39)27-11-9-12-29(35(27)47-31)40(42,43)44)50-37(53)34(24(4)6-2)48-32(51)20-26-10-7-8-13-30(26)41/h7-13,23-25,33-34,45,47H,5-6,14-22H2,1-4H3,(H,46,52)(H,48,51)(H,49,54)(H,50,53)/t23?,24?,33-,34-,39+/m0/s1. The van der Waals surface area contributed by atoms with Crippen LogP contribution in [0.15, 0.2) is 42.5 Å². The molecule has 3 aromatic rings. The minimum Gasteiger partial charge on any atom is -0.358 e. The summed E-state index contributed by atoms with van der Waals surface area (Å²) in [6, 6.07) is 7.61. The van der Waals surface area contributed by atoms with Crippen molar-refractivity contribution in [1.82, 2.24) is 31.6 Å². The molecule has 54 heavy (non-hydrogen) atoms. The van der Waals surface area contributed by atoms with Crippen molar-refractivity contribution in [3.05, 3.63) is 70.7 Å². The van der Waals surface area contributed by atoms with Gasteiger partial charge in [-0.2, -0.15) is 13.2 Å². The first-order valence-corrected chi connectivity index (χ1v) is 19.0. The van der Waals surface area contributed by atoms with Crippen molar-refractivity contribution in [2.75, 3.05) is 19.6 Å². The molecule has 0 bridgehead atoms. The summed E-state index contributed by atoms with van der Waals surface area (Å²) in [5.74, 6) is -3.24. The lowest BCUT2D eigenvalue weighted by Crippen LogP contribution is -2.67. The second-order valence-corrected chi connectivity index (χ2v) is 15.0. The van der Waals surface area contributed by atoms with Crippen LogP contribution in [0.2, 0.25) is 0 Å². The number of H-pyrrole nitrogens is 1. The van der Waals surface area contributed by atoms with Crippen molar-refractivity contribution in [3.63, 3.8) is 0 Å². The predicted molar refractivity (Wildman–Crippen MR) is 198 cm³/mol. The molecular formula is C40H52F4N6O4. The Bertz CT molecular complexity index is 1820. The molecule has 1 aliphatic carbocycles. The van der Waals surface area contributed by atoms with Crippen LogP contribution in [0.4, 0.5) is 17.6 Å². The van der Waals surface area contributed by atoms with Gasteiger partial charge in [0, 0.05) is 24.0 Å². The van der Waals surface area contributed by atoms with Crippen LogP contribution < -0.4 is 26.6 Å². The van der Waals surface area contributed by atoms with Gasteiger partial charge in [-0.05, 0) is 79.8 Å². The Morgan fingerprint density at radius 2 is 1.57 bits per heavy atom. The van der Waals surface area contributed by atoms with Crippen LogP contribution in [0.3, 0.4) is 0 Å². The largest absolute Gasteiger partial charge is 0.418 e. The van der Waals surface area contributed by atoms with Crippen molar-refractivity contribution in [2.45, 2.75) is 103 Å². The average Bonchev–Trinajstić information content (AvgIpc) is 3.52. The number of rotatable bonds is 14. The lowest BCUT2D eigenvalue weighted by atomic mass is 9.78. The Morgan fingerprint density at radius 3 is 2.22 bits per heavy atom. The van der Waals surface area contributed by atoms with Crippen molar-refractivity contribution in [2.24, 2.45) is 17.8 Å². The third-order valence-corrected chi connectivity index (χ3v) is 11.3. The first-order chi connectivity index (χ1) is 25.7. The van der Waals surface area contributed by atoms with Crippen LogP contribution in [0.25, 0.3) is 10.9 Å². The summed E-state index contributed by atoms with van der Waals surface area (Å²) >= 11 is 0. The van der Waals surface area contributed by atoms with Gasteiger partial charge in [-0.3, -0.25) is 19.2 Å². The fourth-order valence-corrected chi connectivity index (χ4v) is 7.54. The summed E-state index contributed by atoms with van der Waals surface area (Å²) in [4.78, 5) is 58.9. The van der Waals surface area contributed by atoms with Crippen molar-refractivity contribution in [3.8, 4) is 0 Å². The lowest BCUT2D eigenvalue weighted by Gasteiger charge is -2.40. The average molecular weight is 757 g/mol. The van der Waals surface area contributed by atoms with Gasteiger partial charge in [-0.1, -0.05) is 70.9 Å². The molecule has 14 heteroatoms. The first-order valence-electron chi connectivity index (χ1n) is 19.0. The Labute approximate surface area is 313 Å².